The first-order chi connectivity index (χ1) is 11.0. The molecule has 0 spiro atoms. The highest BCUT2D eigenvalue weighted by Gasteiger charge is 2.26. The van der Waals surface area contributed by atoms with Gasteiger partial charge in [0, 0.05) is 10.9 Å². The van der Waals surface area contributed by atoms with Gasteiger partial charge < -0.3 is 0 Å². The summed E-state index contributed by atoms with van der Waals surface area (Å²) in [6.45, 7) is 0. The smallest absolute Gasteiger partial charge is 0.207 e. The van der Waals surface area contributed by atoms with Gasteiger partial charge >= 0.3 is 0 Å². The van der Waals surface area contributed by atoms with Crippen LogP contribution in [-0.2, 0) is 10.0 Å². The molecule has 118 valence electrons. The van der Waals surface area contributed by atoms with Crippen LogP contribution in [-0.4, -0.2) is 14.2 Å². The van der Waals surface area contributed by atoms with Crippen molar-refractivity contribution in [3.05, 3.63) is 59.4 Å². The largest absolute Gasteiger partial charge is 0.241 e. The second kappa shape index (κ2) is 6.32. The zero-order valence-corrected chi connectivity index (χ0v) is 13.6. The van der Waals surface area contributed by atoms with E-state index in [0.717, 1.165) is 10.6 Å². The lowest BCUT2D eigenvalue weighted by molar-refractivity contribution is 0.541. The molecule has 4 nitrogen and oxygen atoms in total. The highest BCUT2D eigenvalue weighted by molar-refractivity contribution is 7.99. The summed E-state index contributed by atoms with van der Waals surface area (Å²) in [4.78, 5) is 0.984. The van der Waals surface area contributed by atoms with Gasteiger partial charge in [-0.3, -0.25) is 0 Å². The van der Waals surface area contributed by atoms with E-state index in [1.807, 2.05) is 6.07 Å². The molecule has 0 saturated heterocycles. The molecule has 0 aliphatic carbocycles. The molecular weight excluding hydrogens is 335 g/mol. The fourth-order valence-electron chi connectivity index (χ4n) is 2.45. The van der Waals surface area contributed by atoms with Crippen molar-refractivity contribution in [1.82, 2.24) is 4.72 Å². The van der Waals surface area contributed by atoms with Gasteiger partial charge in [0.1, 0.15) is 5.82 Å². The third-order valence-corrected chi connectivity index (χ3v) is 6.21. The normalized spacial score (nSPS) is 17.3. The summed E-state index contributed by atoms with van der Waals surface area (Å²) in [7, 11) is -3.73. The standard InChI is InChI=1S/C16H13FN2O2S2/c17-12-3-6-16-14(9-12)15(7-8-22-16)19-23(20,21)13-4-1-11(10-18)2-5-13/h1-6,9,15,19H,7-8H2. The van der Waals surface area contributed by atoms with Crippen molar-refractivity contribution in [1.29, 1.82) is 5.26 Å². The summed E-state index contributed by atoms with van der Waals surface area (Å²) in [6, 6.07) is 11.6. The van der Waals surface area contributed by atoms with E-state index in [-0.39, 0.29) is 10.7 Å². The van der Waals surface area contributed by atoms with Gasteiger partial charge in [0.15, 0.2) is 0 Å². The molecule has 1 N–H and O–H groups in total. The van der Waals surface area contributed by atoms with Gasteiger partial charge in [-0.2, -0.15) is 5.26 Å². The number of rotatable bonds is 3. The first-order valence-electron chi connectivity index (χ1n) is 6.94. The highest BCUT2D eigenvalue weighted by atomic mass is 32.2. The molecule has 1 aliphatic rings. The number of hydrogen-bond donors (Lipinski definition) is 1. The minimum Gasteiger partial charge on any atom is -0.207 e. The fourth-order valence-corrected chi connectivity index (χ4v) is 4.81. The van der Waals surface area contributed by atoms with E-state index in [0.29, 0.717) is 17.5 Å². The molecule has 0 saturated carbocycles. The zero-order valence-electron chi connectivity index (χ0n) is 12.0. The molecule has 1 aliphatic heterocycles. The van der Waals surface area contributed by atoms with E-state index in [4.69, 9.17) is 5.26 Å². The molecule has 1 unspecified atom stereocenters. The van der Waals surface area contributed by atoms with Crippen molar-refractivity contribution < 1.29 is 12.8 Å². The van der Waals surface area contributed by atoms with Crippen molar-refractivity contribution in [2.75, 3.05) is 5.75 Å². The maximum atomic E-state index is 13.5. The Morgan fingerprint density at radius 2 is 1.96 bits per heavy atom. The van der Waals surface area contributed by atoms with E-state index in [2.05, 4.69) is 4.72 Å². The molecule has 1 heterocycles. The molecule has 2 aromatic carbocycles. The average Bonchev–Trinajstić information content (AvgIpc) is 2.55. The quantitative estimate of drug-likeness (QED) is 0.925. The van der Waals surface area contributed by atoms with Crippen molar-refractivity contribution in [3.63, 3.8) is 0 Å². The van der Waals surface area contributed by atoms with E-state index in [9.17, 15) is 12.8 Å². The topological polar surface area (TPSA) is 70.0 Å². The number of nitrogens with one attached hydrogen (secondary N) is 1. The van der Waals surface area contributed by atoms with Crippen LogP contribution in [0, 0.1) is 17.1 Å². The summed E-state index contributed by atoms with van der Waals surface area (Å²) >= 11 is 1.59. The number of sulfonamides is 1. The lowest BCUT2D eigenvalue weighted by Crippen LogP contribution is -2.30. The van der Waals surface area contributed by atoms with Gasteiger partial charge in [-0.1, -0.05) is 0 Å². The van der Waals surface area contributed by atoms with Gasteiger partial charge in [-0.25, -0.2) is 17.5 Å². The Morgan fingerprint density at radius 3 is 2.65 bits per heavy atom. The molecule has 2 aromatic rings. The molecule has 0 aromatic heterocycles. The number of thioether (sulfide) groups is 1. The van der Waals surface area contributed by atoms with Crippen LogP contribution in [0.15, 0.2) is 52.3 Å². The van der Waals surface area contributed by atoms with E-state index in [1.165, 1.54) is 36.4 Å². The third kappa shape index (κ3) is 3.39. The van der Waals surface area contributed by atoms with Crippen molar-refractivity contribution >= 4 is 21.8 Å². The predicted octanol–water partition coefficient (Wildman–Crippen LogP) is 3.21. The highest BCUT2D eigenvalue weighted by Crippen LogP contribution is 2.37. The van der Waals surface area contributed by atoms with Crippen molar-refractivity contribution in [2.45, 2.75) is 22.3 Å². The number of benzene rings is 2. The number of hydrogen-bond acceptors (Lipinski definition) is 4. The van der Waals surface area contributed by atoms with Crippen molar-refractivity contribution in [2.24, 2.45) is 0 Å². The first kappa shape index (κ1) is 16.0. The average molecular weight is 348 g/mol. The number of nitriles is 1. The summed E-state index contributed by atoms with van der Waals surface area (Å²) in [5.41, 5.74) is 1.06. The maximum Gasteiger partial charge on any atom is 0.241 e. The molecule has 0 amide bonds. The molecule has 23 heavy (non-hydrogen) atoms. The molecular formula is C16H13FN2O2S2. The minimum absolute atomic E-state index is 0.0904. The van der Waals surface area contributed by atoms with Crippen LogP contribution in [0.5, 0.6) is 0 Å². The van der Waals surface area contributed by atoms with Crippen LogP contribution in [0.4, 0.5) is 4.39 Å². The number of nitrogens with zero attached hydrogens (tertiary/aromatic N) is 1. The van der Waals surface area contributed by atoms with Crippen LogP contribution < -0.4 is 4.72 Å². The molecule has 0 fully saturated rings. The van der Waals surface area contributed by atoms with Gasteiger partial charge in [0.25, 0.3) is 0 Å². The Morgan fingerprint density at radius 1 is 1.22 bits per heavy atom. The lowest BCUT2D eigenvalue weighted by atomic mass is 10.0. The summed E-state index contributed by atoms with van der Waals surface area (Å²) in [5, 5.41) is 8.77. The predicted molar refractivity (Wildman–Crippen MR) is 86.0 cm³/mol. The van der Waals surface area contributed by atoms with E-state index < -0.39 is 16.1 Å². The van der Waals surface area contributed by atoms with Crippen molar-refractivity contribution in [3.8, 4) is 6.07 Å². The Labute approximate surface area is 138 Å². The van der Waals surface area contributed by atoms with Crippen LogP contribution in [0.2, 0.25) is 0 Å². The fraction of sp³-hybridized carbons (Fsp3) is 0.188. The molecule has 3 rings (SSSR count). The van der Waals surface area contributed by atoms with Gasteiger partial charge in [0.2, 0.25) is 10.0 Å². The van der Waals surface area contributed by atoms with E-state index in [1.54, 1.807) is 17.8 Å². The van der Waals surface area contributed by atoms with Gasteiger partial charge in [-0.15, -0.1) is 11.8 Å². The van der Waals surface area contributed by atoms with Crippen LogP contribution in [0.1, 0.15) is 23.6 Å². The second-order valence-corrected chi connectivity index (χ2v) is 7.98. The summed E-state index contributed by atoms with van der Waals surface area (Å²) < 4.78 is 41.1. The second-order valence-electron chi connectivity index (χ2n) is 5.13. The maximum absolute atomic E-state index is 13.5. The Balaban J connectivity index is 1.90. The lowest BCUT2D eigenvalue weighted by Gasteiger charge is -2.25. The summed E-state index contributed by atoms with van der Waals surface area (Å²) in [6.07, 6.45) is 0.594. The molecule has 0 radical (unpaired) electrons. The Hall–Kier alpha value is -1.88. The Kier molecular flexibility index (Phi) is 4.39. The molecule has 7 heteroatoms. The summed E-state index contributed by atoms with van der Waals surface area (Å²) in [5.74, 6) is 0.382. The molecule has 1 atom stereocenters. The minimum atomic E-state index is -3.73. The van der Waals surface area contributed by atoms with Gasteiger partial charge in [0.05, 0.1) is 16.5 Å². The van der Waals surface area contributed by atoms with Crippen LogP contribution in [0.3, 0.4) is 0 Å². The molecule has 0 bridgehead atoms. The Bertz CT molecular complexity index is 874. The van der Waals surface area contributed by atoms with Gasteiger partial charge in [-0.05, 0) is 60.2 Å². The SMILES string of the molecule is N#Cc1ccc(S(=O)(=O)NC2CCSc3ccc(F)cc32)cc1. The van der Waals surface area contributed by atoms with E-state index >= 15 is 0 Å². The number of halogens is 1. The van der Waals surface area contributed by atoms with Crippen LogP contribution >= 0.6 is 11.8 Å². The zero-order chi connectivity index (χ0) is 16.4. The monoisotopic (exact) mass is 348 g/mol. The number of fused-ring (bicyclic) bond motifs is 1. The third-order valence-electron chi connectivity index (χ3n) is 3.60. The first-order valence-corrected chi connectivity index (χ1v) is 9.41. The van der Waals surface area contributed by atoms with Crippen LogP contribution in [0.25, 0.3) is 0 Å².